The summed E-state index contributed by atoms with van der Waals surface area (Å²) in [5.41, 5.74) is 13.5. The van der Waals surface area contributed by atoms with E-state index < -0.39 is 0 Å². The quantitative estimate of drug-likeness (QED) is 0.179. The van der Waals surface area contributed by atoms with Crippen molar-refractivity contribution in [2.24, 2.45) is 0 Å². The minimum absolute atomic E-state index is 0.845. The summed E-state index contributed by atoms with van der Waals surface area (Å²) in [7, 11) is 0. The number of rotatable bonds is 6. The molecule has 0 spiro atoms. The highest BCUT2D eigenvalue weighted by atomic mass is 16.3. The molecular weight excluding hydrogens is 623 g/mol. The second-order valence-electron chi connectivity index (χ2n) is 12.9. The van der Waals surface area contributed by atoms with Crippen LogP contribution in [0, 0.1) is 0 Å². The molecule has 2 heterocycles. The van der Waals surface area contributed by atoms with Crippen molar-refractivity contribution in [3.63, 3.8) is 0 Å². The van der Waals surface area contributed by atoms with Gasteiger partial charge in [0.05, 0.1) is 0 Å². The van der Waals surface area contributed by atoms with E-state index in [1.165, 1.54) is 11.1 Å². The maximum atomic E-state index is 6.88. The highest BCUT2D eigenvalue weighted by molar-refractivity contribution is 6.27. The Bertz CT molecular complexity index is 2780. The highest BCUT2D eigenvalue weighted by Gasteiger charge is 2.22. The Hall–Kier alpha value is -6.84. The molecule has 0 unspecified atom stereocenters. The molecule has 10 aromatic rings. The van der Waals surface area contributed by atoms with Crippen molar-refractivity contribution in [1.82, 2.24) is 0 Å². The molecule has 0 aliphatic heterocycles. The Morgan fingerprint density at radius 3 is 1.51 bits per heavy atom. The molecule has 51 heavy (non-hydrogen) atoms. The van der Waals surface area contributed by atoms with Gasteiger partial charge in [0.1, 0.15) is 22.3 Å². The molecule has 0 saturated heterocycles. The first-order chi connectivity index (χ1) is 25.3. The van der Waals surface area contributed by atoms with Gasteiger partial charge >= 0.3 is 0 Å². The van der Waals surface area contributed by atoms with Crippen LogP contribution in [0.2, 0.25) is 0 Å². The minimum atomic E-state index is 0.845. The predicted molar refractivity (Wildman–Crippen MR) is 212 cm³/mol. The van der Waals surface area contributed by atoms with Crippen LogP contribution in [-0.2, 0) is 0 Å². The molecule has 0 radical (unpaired) electrons. The molecule has 8 aromatic carbocycles. The molecule has 0 bridgehead atoms. The van der Waals surface area contributed by atoms with Gasteiger partial charge in [0.15, 0.2) is 0 Å². The highest BCUT2D eigenvalue weighted by Crippen LogP contribution is 2.46. The molecule has 0 aliphatic rings. The molecule has 240 valence electrons. The summed E-state index contributed by atoms with van der Waals surface area (Å²) in [5.74, 6) is 0. The summed E-state index contributed by atoms with van der Waals surface area (Å²) in [6.45, 7) is 0. The summed E-state index contributed by atoms with van der Waals surface area (Å²) >= 11 is 0. The van der Waals surface area contributed by atoms with Crippen LogP contribution in [0.15, 0.2) is 197 Å². The fraction of sp³-hybridized carbons (Fsp3) is 0. The fourth-order valence-corrected chi connectivity index (χ4v) is 7.52. The van der Waals surface area contributed by atoms with Gasteiger partial charge in [-0.05, 0) is 88.5 Å². The minimum Gasteiger partial charge on any atom is -0.456 e. The average molecular weight is 654 g/mol. The lowest BCUT2D eigenvalue weighted by Gasteiger charge is -2.25. The summed E-state index contributed by atoms with van der Waals surface area (Å²) < 4.78 is 13.2. The number of nitrogens with zero attached hydrogens (tertiary/aromatic N) is 1. The zero-order chi connectivity index (χ0) is 33.7. The number of fused-ring (bicyclic) bond motifs is 7. The van der Waals surface area contributed by atoms with Crippen molar-refractivity contribution >= 4 is 60.9 Å². The molecule has 0 saturated carbocycles. The lowest BCUT2D eigenvalue weighted by Crippen LogP contribution is -2.09. The normalized spacial score (nSPS) is 11.5. The van der Waals surface area contributed by atoms with Gasteiger partial charge in [-0.25, -0.2) is 0 Å². The molecule has 0 N–H and O–H groups in total. The van der Waals surface area contributed by atoms with Crippen LogP contribution >= 0.6 is 0 Å². The summed E-state index contributed by atoms with van der Waals surface area (Å²) in [5, 5.41) is 4.33. The van der Waals surface area contributed by atoms with Crippen molar-refractivity contribution in [3.05, 3.63) is 188 Å². The largest absolute Gasteiger partial charge is 0.456 e. The van der Waals surface area contributed by atoms with E-state index in [2.05, 4.69) is 169 Å². The van der Waals surface area contributed by atoms with Crippen LogP contribution in [0.4, 0.5) is 17.1 Å². The second-order valence-corrected chi connectivity index (χ2v) is 12.9. The Morgan fingerprint density at radius 2 is 0.824 bits per heavy atom. The number of anilines is 3. The number of para-hydroxylation sites is 3. The SMILES string of the molecule is c1ccc(-c2ccc(-c3ccc4c(oc5ccc6oc7ccccc7c6c54)c3-c3ccc(N(c4ccccc4)c4ccccc4)cc3)cc2)cc1. The van der Waals surface area contributed by atoms with Crippen molar-refractivity contribution in [3.8, 4) is 33.4 Å². The molecule has 2 aromatic heterocycles. The zero-order valence-corrected chi connectivity index (χ0v) is 27.7. The Balaban J connectivity index is 1.19. The van der Waals surface area contributed by atoms with Gasteiger partial charge < -0.3 is 13.7 Å². The van der Waals surface area contributed by atoms with E-state index in [4.69, 9.17) is 8.83 Å². The van der Waals surface area contributed by atoms with Crippen LogP contribution in [0.3, 0.4) is 0 Å². The lowest BCUT2D eigenvalue weighted by atomic mass is 9.91. The smallest absolute Gasteiger partial charge is 0.143 e. The zero-order valence-electron chi connectivity index (χ0n) is 27.7. The van der Waals surface area contributed by atoms with E-state index in [0.717, 1.165) is 83.2 Å². The van der Waals surface area contributed by atoms with E-state index in [-0.39, 0.29) is 0 Å². The van der Waals surface area contributed by atoms with E-state index in [1.54, 1.807) is 0 Å². The molecule has 3 nitrogen and oxygen atoms in total. The van der Waals surface area contributed by atoms with Crippen LogP contribution in [0.25, 0.3) is 77.3 Å². The van der Waals surface area contributed by atoms with Gasteiger partial charge in [0.2, 0.25) is 0 Å². The van der Waals surface area contributed by atoms with E-state index in [9.17, 15) is 0 Å². The molecule has 0 aliphatic carbocycles. The standard InChI is InChI=1S/C48H31NO2/c1-4-12-32(13-5-1)33-20-22-34(23-21-33)39-28-29-41-47-44(31-30-43-46(47)40-18-10-11-19-42(40)50-43)51-48(41)45(39)35-24-26-38(27-25-35)49(36-14-6-2-7-15-36)37-16-8-3-9-17-37/h1-31H. The first kappa shape index (κ1) is 29.1. The van der Waals surface area contributed by atoms with E-state index >= 15 is 0 Å². The predicted octanol–water partition coefficient (Wildman–Crippen LogP) is 14.0. The average Bonchev–Trinajstić information content (AvgIpc) is 3.77. The second kappa shape index (κ2) is 11.9. The molecule has 0 atom stereocenters. The Morgan fingerprint density at radius 1 is 0.314 bits per heavy atom. The van der Waals surface area contributed by atoms with Crippen LogP contribution < -0.4 is 4.90 Å². The number of benzene rings is 8. The molecule has 0 fully saturated rings. The van der Waals surface area contributed by atoms with Gasteiger partial charge in [-0.1, -0.05) is 127 Å². The third-order valence-corrected chi connectivity index (χ3v) is 9.89. The lowest BCUT2D eigenvalue weighted by molar-refractivity contribution is 0.663. The third kappa shape index (κ3) is 4.90. The first-order valence-electron chi connectivity index (χ1n) is 17.3. The van der Waals surface area contributed by atoms with Crippen molar-refractivity contribution in [1.29, 1.82) is 0 Å². The van der Waals surface area contributed by atoms with Gasteiger partial charge in [0.25, 0.3) is 0 Å². The number of hydrogen-bond acceptors (Lipinski definition) is 3. The summed E-state index contributed by atoms with van der Waals surface area (Å²) in [6.07, 6.45) is 0. The van der Waals surface area contributed by atoms with Crippen molar-refractivity contribution < 1.29 is 8.83 Å². The van der Waals surface area contributed by atoms with Crippen molar-refractivity contribution in [2.75, 3.05) is 4.90 Å². The number of furan rings is 2. The maximum absolute atomic E-state index is 6.88. The van der Waals surface area contributed by atoms with Crippen LogP contribution in [0.1, 0.15) is 0 Å². The van der Waals surface area contributed by atoms with Gasteiger partial charge in [0, 0.05) is 44.2 Å². The van der Waals surface area contributed by atoms with Crippen molar-refractivity contribution in [2.45, 2.75) is 0 Å². The van der Waals surface area contributed by atoms with Gasteiger partial charge in [-0.2, -0.15) is 0 Å². The number of hydrogen-bond donors (Lipinski definition) is 0. The van der Waals surface area contributed by atoms with Crippen LogP contribution in [0.5, 0.6) is 0 Å². The molecule has 10 rings (SSSR count). The Labute approximate surface area is 295 Å². The molecule has 0 amide bonds. The summed E-state index contributed by atoms with van der Waals surface area (Å²) in [6, 6.07) is 66.0. The molecule has 3 heteroatoms. The van der Waals surface area contributed by atoms with Crippen LogP contribution in [-0.4, -0.2) is 0 Å². The monoisotopic (exact) mass is 653 g/mol. The van der Waals surface area contributed by atoms with E-state index in [1.807, 2.05) is 24.3 Å². The van der Waals surface area contributed by atoms with Gasteiger partial charge in [-0.15, -0.1) is 0 Å². The van der Waals surface area contributed by atoms with Gasteiger partial charge in [-0.3, -0.25) is 0 Å². The maximum Gasteiger partial charge on any atom is 0.143 e. The summed E-state index contributed by atoms with van der Waals surface area (Å²) in [4.78, 5) is 2.29. The fourth-order valence-electron chi connectivity index (χ4n) is 7.52. The Kier molecular flexibility index (Phi) is 6.81. The molecular formula is C48H31NO2. The topological polar surface area (TPSA) is 29.5 Å². The third-order valence-electron chi connectivity index (χ3n) is 9.89. The van der Waals surface area contributed by atoms with E-state index in [0.29, 0.717) is 0 Å². The first-order valence-corrected chi connectivity index (χ1v) is 17.3.